The molecule has 0 fully saturated rings. The number of benzene rings is 1. The largest absolute Gasteiger partial charge is 0.341 e. The highest BCUT2D eigenvalue weighted by Crippen LogP contribution is 2.17. The van der Waals surface area contributed by atoms with Crippen molar-refractivity contribution in [2.24, 2.45) is 5.73 Å². The van der Waals surface area contributed by atoms with E-state index in [9.17, 15) is 4.79 Å². The summed E-state index contributed by atoms with van der Waals surface area (Å²) >= 11 is 0. The number of hydrogen-bond donors (Lipinski definition) is 3. The molecule has 3 aromatic rings. The lowest BCUT2D eigenvalue weighted by Crippen LogP contribution is -2.07. The number of aromatic nitrogens is 3. The predicted molar refractivity (Wildman–Crippen MR) is 85.9 cm³/mol. The van der Waals surface area contributed by atoms with E-state index in [0.717, 1.165) is 22.4 Å². The van der Waals surface area contributed by atoms with Gasteiger partial charge in [-0.2, -0.15) is 0 Å². The summed E-state index contributed by atoms with van der Waals surface area (Å²) in [5.41, 5.74) is 8.78. The van der Waals surface area contributed by atoms with Crippen molar-refractivity contribution in [1.82, 2.24) is 15.0 Å². The fraction of sp³-hybridized carbons (Fsp3) is 0.0625. The molecule has 2 aromatic heterocycles. The van der Waals surface area contributed by atoms with E-state index in [2.05, 4.69) is 20.3 Å². The lowest BCUT2D eigenvalue weighted by molar-refractivity contribution is -0.111. The zero-order chi connectivity index (χ0) is 15.4. The second-order valence-corrected chi connectivity index (χ2v) is 4.73. The van der Waals surface area contributed by atoms with Crippen LogP contribution in [0.5, 0.6) is 0 Å². The predicted octanol–water partition coefficient (Wildman–Crippen LogP) is 2.07. The van der Waals surface area contributed by atoms with Gasteiger partial charge in [-0.1, -0.05) is 6.07 Å². The molecule has 110 valence electrons. The molecule has 22 heavy (non-hydrogen) atoms. The molecule has 0 saturated heterocycles. The molecule has 3 rings (SSSR count). The number of amides is 1. The molecule has 0 aliphatic heterocycles. The van der Waals surface area contributed by atoms with Crippen molar-refractivity contribution >= 4 is 28.7 Å². The number of imidazole rings is 1. The Morgan fingerprint density at radius 3 is 3.05 bits per heavy atom. The highest BCUT2D eigenvalue weighted by Gasteiger charge is 2.04. The molecule has 1 amide bonds. The molecule has 0 atom stereocenters. The number of rotatable bonds is 4. The normalized spacial score (nSPS) is 11.1. The zero-order valence-corrected chi connectivity index (χ0v) is 11.8. The Hall–Kier alpha value is -2.99. The maximum atomic E-state index is 11.9. The standard InChI is InChI=1S/C16H15N5O/c17-9-15-20-13-5-4-12(8-14(13)21-15)19-16(22)6-3-11-2-1-7-18-10-11/h1-8,10H,9,17H2,(H,19,22)(H,20,21). The smallest absolute Gasteiger partial charge is 0.248 e. The number of carbonyl (C=O) groups is 1. The summed E-state index contributed by atoms with van der Waals surface area (Å²) in [6.07, 6.45) is 6.56. The van der Waals surface area contributed by atoms with Crippen LogP contribution in [0.15, 0.2) is 48.8 Å². The van der Waals surface area contributed by atoms with E-state index in [0.29, 0.717) is 12.2 Å². The summed E-state index contributed by atoms with van der Waals surface area (Å²) in [4.78, 5) is 23.3. The van der Waals surface area contributed by atoms with Gasteiger partial charge in [0.25, 0.3) is 0 Å². The van der Waals surface area contributed by atoms with Crippen LogP contribution in [-0.2, 0) is 11.3 Å². The number of nitrogens with zero attached hydrogens (tertiary/aromatic N) is 2. The number of nitrogens with one attached hydrogen (secondary N) is 2. The molecule has 0 bridgehead atoms. The van der Waals surface area contributed by atoms with Crippen molar-refractivity contribution in [3.8, 4) is 0 Å². The molecule has 0 radical (unpaired) electrons. The van der Waals surface area contributed by atoms with Gasteiger partial charge in [0.1, 0.15) is 5.82 Å². The number of carbonyl (C=O) groups excluding carboxylic acids is 1. The number of fused-ring (bicyclic) bond motifs is 1. The number of nitrogens with two attached hydrogens (primary N) is 1. The van der Waals surface area contributed by atoms with Crippen LogP contribution in [0.4, 0.5) is 5.69 Å². The van der Waals surface area contributed by atoms with Crippen LogP contribution in [0.3, 0.4) is 0 Å². The Morgan fingerprint density at radius 2 is 2.27 bits per heavy atom. The SMILES string of the molecule is NCc1nc2ccc(NC(=O)C=Cc3cccnc3)cc2[nH]1. The molecule has 0 aliphatic rings. The molecule has 1 aromatic carbocycles. The first kappa shape index (κ1) is 14.0. The van der Waals surface area contributed by atoms with Crippen molar-refractivity contribution in [2.45, 2.75) is 6.54 Å². The van der Waals surface area contributed by atoms with Gasteiger partial charge >= 0.3 is 0 Å². The van der Waals surface area contributed by atoms with E-state index in [4.69, 9.17) is 5.73 Å². The molecule has 0 unspecified atom stereocenters. The maximum absolute atomic E-state index is 11.9. The molecule has 4 N–H and O–H groups in total. The molecule has 0 aliphatic carbocycles. The van der Waals surface area contributed by atoms with Crippen LogP contribution in [0.25, 0.3) is 17.1 Å². The minimum atomic E-state index is -0.207. The van der Waals surface area contributed by atoms with E-state index < -0.39 is 0 Å². The summed E-state index contributed by atoms with van der Waals surface area (Å²) < 4.78 is 0. The topological polar surface area (TPSA) is 96.7 Å². The first-order chi connectivity index (χ1) is 10.7. The summed E-state index contributed by atoms with van der Waals surface area (Å²) in [6.45, 7) is 0.351. The number of hydrogen-bond acceptors (Lipinski definition) is 4. The molecular weight excluding hydrogens is 278 g/mol. The van der Waals surface area contributed by atoms with Gasteiger partial charge in [-0.05, 0) is 35.9 Å². The number of pyridine rings is 1. The molecule has 0 saturated carbocycles. The Kier molecular flexibility index (Phi) is 3.93. The van der Waals surface area contributed by atoms with Gasteiger partial charge in [0.2, 0.25) is 5.91 Å². The molecule has 6 nitrogen and oxygen atoms in total. The highest BCUT2D eigenvalue weighted by molar-refractivity contribution is 6.02. The van der Waals surface area contributed by atoms with Crippen LogP contribution in [0.1, 0.15) is 11.4 Å². The van der Waals surface area contributed by atoms with Crippen LogP contribution < -0.4 is 11.1 Å². The maximum Gasteiger partial charge on any atom is 0.248 e. The van der Waals surface area contributed by atoms with Crippen molar-refractivity contribution in [3.05, 3.63) is 60.2 Å². The minimum Gasteiger partial charge on any atom is -0.341 e. The molecule has 6 heteroatoms. The molecule has 2 heterocycles. The van der Waals surface area contributed by atoms with Crippen LogP contribution in [0.2, 0.25) is 0 Å². The van der Waals surface area contributed by atoms with Gasteiger partial charge in [0.15, 0.2) is 0 Å². The average Bonchev–Trinajstić information content (AvgIpc) is 2.96. The van der Waals surface area contributed by atoms with E-state index in [1.165, 1.54) is 6.08 Å². The minimum absolute atomic E-state index is 0.207. The van der Waals surface area contributed by atoms with Gasteiger partial charge in [-0.15, -0.1) is 0 Å². The summed E-state index contributed by atoms with van der Waals surface area (Å²) in [6, 6.07) is 9.17. The van der Waals surface area contributed by atoms with E-state index in [1.807, 2.05) is 24.3 Å². The van der Waals surface area contributed by atoms with Crippen LogP contribution in [-0.4, -0.2) is 20.9 Å². The van der Waals surface area contributed by atoms with Crippen LogP contribution in [0, 0.1) is 0 Å². The highest BCUT2D eigenvalue weighted by atomic mass is 16.1. The van der Waals surface area contributed by atoms with Gasteiger partial charge < -0.3 is 16.0 Å². The Balaban J connectivity index is 1.72. The van der Waals surface area contributed by atoms with Crippen molar-refractivity contribution < 1.29 is 4.79 Å². The quantitative estimate of drug-likeness (QED) is 0.641. The fourth-order valence-electron chi connectivity index (χ4n) is 2.07. The Labute approximate surface area is 127 Å². The van der Waals surface area contributed by atoms with E-state index >= 15 is 0 Å². The van der Waals surface area contributed by atoms with Gasteiger partial charge in [-0.3, -0.25) is 9.78 Å². The Bertz CT molecular complexity index is 823. The fourth-order valence-corrected chi connectivity index (χ4v) is 2.07. The lowest BCUT2D eigenvalue weighted by Gasteiger charge is -2.01. The van der Waals surface area contributed by atoms with Gasteiger partial charge in [0, 0.05) is 24.2 Å². The number of aromatic amines is 1. The van der Waals surface area contributed by atoms with E-state index in [1.54, 1.807) is 24.5 Å². The monoisotopic (exact) mass is 293 g/mol. The third-order valence-electron chi connectivity index (χ3n) is 3.10. The summed E-state index contributed by atoms with van der Waals surface area (Å²) in [7, 11) is 0. The number of anilines is 1. The first-order valence-corrected chi connectivity index (χ1v) is 6.82. The first-order valence-electron chi connectivity index (χ1n) is 6.82. The zero-order valence-electron chi connectivity index (χ0n) is 11.8. The third kappa shape index (κ3) is 3.18. The van der Waals surface area contributed by atoms with Gasteiger partial charge in [0.05, 0.1) is 17.6 Å². The molecule has 0 spiro atoms. The second kappa shape index (κ2) is 6.19. The summed E-state index contributed by atoms with van der Waals surface area (Å²) in [5, 5.41) is 2.81. The molecular formula is C16H15N5O. The lowest BCUT2D eigenvalue weighted by atomic mass is 10.2. The average molecular weight is 293 g/mol. The third-order valence-corrected chi connectivity index (χ3v) is 3.10. The second-order valence-electron chi connectivity index (χ2n) is 4.73. The van der Waals surface area contributed by atoms with Gasteiger partial charge in [-0.25, -0.2) is 4.98 Å². The van der Waals surface area contributed by atoms with Crippen molar-refractivity contribution in [1.29, 1.82) is 0 Å². The van der Waals surface area contributed by atoms with Crippen molar-refractivity contribution in [3.63, 3.8) is 0 Å². The van der Waals surface area contributed by atoms with E-state index in [-0.39, 0.29) is 5.91 Å². The Morgan fingerprint density at radius 1 is 1.36 bits per heavy atom. The number of H-pyrrole nitrogens is 1. The van der Waals surface area contributed by atoms with Crippen LogP contribution >= 0.6 is 0 Å². The summed E-state index contributed by atoms with van der Waals surface area (Å²) in [5.74, 6) is 0.511. The van der Waals surface area contributed by atoms with Crippen molar-refractivity contribution in [2.75, 3.05) is 5.32 Å².